The van der Waals surface area contributed by atoms with Crippen LogP contribution >= 0.6 is 15.9 Å². The molecule has 1 fully saturated rings. The normalized spacial score (nSPS) is 16.1. The minimum absolute atomic E-state index is 0.0718. The Labute approximate surface area is 110 Å². The molecular weight excluding hydrogens is 280 g/mol. The molecule has 0 unspecified atom stereocenters. The van der Waals surface area contributed by atoms with E-state index in [1.807, 2.05) is 11.0 Å². The molecule has 0 atom stereocenters. The average molecular weight is 297 g/mol. The van der Waals surface area contributed by atoms with Gasteiger partial charge in [-0.15, -0.1) is 6.58 Å². The number of H-pyrrole nitrogens is 1. The van der Waals surface area contributed by atoms with Crippen molar-refractivity contribution >= 4 is 21.8 Å². The van der Waals surface area contributed by atoms with E-state index >= 15 is 0 Å². The van der Waals surface area contributed by atoms with Gasteiger partial charge in [-0.1, -0.05) is 18.9 Å². The van der Waals surface area contributed by atoms with Crippen LogP contribution in [0.4, 0.5) is 0 Å². The van der Waals surface area contributed by atoms with E-state index in [2.05, 4.69) is 27.5 Å². The molecule has 2 rings (SSSR count). The van der Waals surface area contributed by atoms with Gasteiger partial charge < -0.3 is 9.88 Å². The summed E-state index contributed by atoms with van der Waals surface area (Å²) in [7, 11) is 0. The van der Waals surface area contributed by atoms with Gasteiger partial charge in [0, 0.05) is 23.3 Å². The Morgan fingerprint density at radius 2 is 2.29 bits per heavy atom. The van der Waals surface area contributed by atoms with Crippen molar-refractivity contribution in [2.75, 3.05) is 6.54 Å². The van der Waals surface area contributed by atoms with Crippen LogP contribution in [0.15, 0.2) is 29.4 Å². The molecule has 3 nitrogen and oxygen atoms in total. The number of nitrogens with one attached hydrogen (secondary N) is 1. The number of hydrogen-bond acceptors (Lipinski definition) is 1. The summed E-state index contributed by atoms with van der Waals surface area (Å²) in [4.78, 5) is 17.3. The van der Waals surface area contributed by atoms with Crippen molar-refractivity contribution in [3.8, 4) is 0 Å². The number of aromatic amines is 1. The lowest BCUT2D eigenvalue weighted by Crippen LogP contribution is -2.39. The molecule has 1 aromatic rings. The van der Waals surface area contributed by atoms with Gasteiger partial charge in [0.15, 0.2) is 0 Å². The fourth-order valence-corrected chi connectivity index (χ4v) is 2.74. The SMILES string of the molecule is C=CCN(C(=O)c1cc(Br)c[nH]1)C1CCCC1. The van der Waals surface area contributed by atoms with Gasteiger partial charge in [-0.2, -0.15) is 0 Å². The van der Waals surface area contributed by atoms with Gasteiger partial charge in [0.2, 0.25) is 0 Å². The van der Waals surface area contributed by atoms with E-state index in [1.54, 1.807) is 12.3 Å². The fourth-order valence-electron chi connectivity index (χ4n) is 2.40. The largest absolute Gasteiger partial charge is 0.356 e. The Kier molecular flexibility index (Phi) is 4.05. The van der Waals surface area contributed by atoms with E-state index in [0.29, 0.717) is 18.3 Å². The van der Waals surface area contributed by atoms with Gasteiger partial charge in [-0.05, 0) is 34.8 Å². The standard InChI is InChI=1S/C13H17BrN2O/c1-2-7-16(11-5-3-4-6-11)13(17)12-8-10(14)9-15-12/h2,8-9,11,15H,1,3-7H2. The molecule has 1 heterocycles. The molecule has 0 aromatic carbocycles. The molecule has 0 saturated heterocycles. The van der Waals surface area contributed by atoms with Gasteiger partial charge in [0.05, 0.1) is 0 Å². The summed E-state index contributed by atoms with van der Waals surface area (Å²) in [5.74, 6) is 0.0718. The molecular formula is C13H17BrN2O. The summed E-state index contributed by atoms with van der Waals surface area (Å²) in [6, 6.07) is 2.20. The maximum absolute atomic E-state index is 12.4. The number of carbonyl (C=O) groups excluding carboxylic acids is 1. The molecule has 1 aliphatic carbocycles. The summed E-state index contributed by atoms with van der Waals surface area (Å²) in [6.45, 7) is 4.36. The first-order chi connectivity index (χ1) is 8.22. The lowest BCUT2D eigenvalue weighted by Gasteiger charge is -2.27. The third-order valence-electron chi connectivity index (χ3n) is 3.23. The Morgan fingerprint density at radius 3 is 2.82 bits per heavy atom. The molecule has 92 valence electrons. The zero-order valence-corrected chi connectivity index (χ0v) is 11.4. The lowest BCUT2D eigenvalue weighted by molar-refractivity contribution is 0.0701. The number of aromatic nitrogens is 1. The predicted octanol–water partition coefficient (Wildman–Crippen LogP) is 3.35. The minimum atomic E-state index is 0.0718. The van der Waals surface area contributed by atoms with Crippen molar-refractivity contribution in [3.05, 3.63) is 35.1 Å². The van der Waals surface area contributed by atoms with Gasteiger partial charge in [-0.3, -0.25) is 4.79 Å². The Hall–Kier alpha value is -1.03. The summed E-state index contributed by atoms with van der Waals surface area (Å²) >= 11 is 3.35. The Bertz CT molecular complexity index is 407. The molecule has 0 aliphatic heterocycles. The molecule has 0 spiro atoms. The van der Waals surface area contributed by atoms with Crippen molar-refractivity contribution < 1.29 is 4.79 Å². The second kappa shape index (κ2) is 5.54. The number of hydrogen-bond donors (Lipinski definition) is 1. The predicted molar refractivity (Wildman–Crippen MR) is 72.0 cm³/mol. The molecule has 0 bridgehead atoms. The summed E-state index contributed by atoms with van der Waals surface area (Å²) in [5.41, 5.74) is 0.644. The van der Waals surface area contributed by atoms with Crippen LogP contribution in [0.5, 0.6) is 0 Å². The number of nitrogens with zero attached hydrogens (tertiary/aromatic N) is 1. The van der Waals surface area contributed by atoms with Crippen molar-refractivity contribution in [2.24, 2.45) is 0 Å². The minimum Gasteiger partial charge on any atom is -0.356 e. The maximum Gasteiger partial charge on any atom is 0.270 e. The monoisotopic (exact) mass is 296 g/mol. The van der Waals surface area contributed by atoms with Crippen LogP contribution < -0.4 is 0 Å². The average Bonchev–Trinajstić information content (AvgIpc) is 2.95. The van der Waals surface area contributed by atoms with Gasteiger partial charge in [0.1, 0.15) is 5.69 Å². The number of rotatable bonds is 4. The van der Waals surface area contributed by atoms with Crippen LogP contribution in [0.3, 0.4) is 0 Å². The quantitative estimate of drug-likeness (QED) is 0.850. The van der Waals surface area contributed by atoms with Crippen LogP contribution in [0.2, 0.25) is 0 Å². The van der Waals surface area contributed by atoms with E-state index in [-0.39, 0.29) is 5.91 Å². The van der Waals surface area contributed by atoms with Crippen LogP contribution in [0.1, 0.15) is 36.2 Å². The first-order valence-electron chi connectivity index (χ1n) is 5.98. The van der Waals surface area contributed by atoms with Crippen molar-refractivity contribution in [3.63, 3.8) is 0 Å². The molecule has 1 aliphatic rings. The topological polar surface area (TPSA) is 36.1 Å². The molecule has 1 saturated carbocycles. The first kappa shape index (κ1) is 12.4. The van der Waals surface area contributed by atoms with Gasteiger partial charge in [-0.25, -0.2) is 0 Å². The summed E-state index contributed by atoms with van der Waals surface area (Å²) < 4.78 is 0.908. The van der Waals surface area contributed by atoms with Crippen molar-refractivity contribution in [1.82, 2.24) is 9.88 Å². The first-order valence-corrected chi connectivity index (χ1v) is 6.77. The summed E-state index contributed by atoms with van der Waals surface area (Å²) in [5, 5.41) is 0. The lowest BCUT2D eigenvalue weighted by atomic mass is 10.2. The maximum atomic E-state index is 12.4. The second-order valence-electron chi connectivity index (χ2n) is 4.42. The molecule has 0 radical (unpaired) electrons. The zero-order valence-electron chi connectivity index (χ0n) is 9.79. The smallest absolute Gasteiger partial charge is 0.270 e. The number of halogens is 1. The van der Waals surface area contributed by atoms with Crippen LogP contribution in [0, 0.1) is 0 Å². The van der Waals surface area contributed by atoms with E-state index in [1.165, 1.54) is 12.8 Å². The second-order valence-corrected chi connectivity index (χ2v) is 5.33. The highest BCUT2D eigenvalue weighted by Gasteiger charge is 2.27. The third-order valence-corrected chi connectivity index (χ3v) is 3.69. The number of carbonyl (C=O) groups is 1. The van der Waals surface area contributed by atoms with Crippen molar-refractivity contribution in [1.29, 1.82) is 0 Å². The highest BCUT2D eigenvalue weighted by atomic mass is 79.9. The Balaban J connectivity index is 2.14. The third kappa shape index (κ3) is 2.80. The van der Waals surface area contributed by atoms with Gasteiger partial charge in [0.25, 0.3) is 5.91 Å². The van der Waals surface area contributed by atoms with Crippen LogP contribution in [0.25, 0.3) is 0 Å². The van der Waals surface area contributed by atoms with E-state index < -0.39 is 0 Å². The van der Waals surface area contributed by atoms with Crippen LogP contribution in [-0.4, -0.2) is 28.4 Å². The van der Waals surface area contributed by atoms with E-state index in [9.17, 15) is 4.79 Å². The highest BCUT2D eigenvalue weighted by molar-refractivity contribution is 9.10. The molecule has 17 heavy (non-hydrogen) atoms. The fraction of sp³-hybridized carbons (Fsp3) is 0.462. The highest BCUT2D eigenvalue weighted by Crippen LogP contribution is 2.25. The Morgan fingerprint density at radius 1 is 1.59 bits per heavy atom. The van der Waals surface area contributed by atoms with E-state index in [4.69, 9.17) is 0 Å². The molecule has 4 heteroatoms. The molecule has 1 aromatic heterocycles. The summed E-state index contributed by atoms with van der Waals surface area (Å²) in [6.07, 6.45) is 8.26. The van der Waals surface area contributed by atoms with E-state index in [0.717, 1.165) is 17.3 Å². The molecule has 1 amide bonds. The molecule has 1 N–H and O–H groups in total. The zero-order chi connectivity index (χ0) is 12.3. The number of amides is 1. The van der Waals surface area contributed by atoms with Crippen molar-refractivity contribution in [2.45, 2.75) is 31.7 Å². The van der Waals surface area contributed by atoms with Gasteiger partial charge >= 0.3 is 0 Å². The van der Waals surface area contributed by atoms with Crippen LogP contribution in [-0.2, 0) is 0 Å².